The van der Waals surface area contributed by atoms with Crippen molar-refractivity contribution in [3.63, 3.8) is 0 Å². The molecule has 0 unspecified atom stereocenters. The van der Waals surface area contributed by atoms with Crippen molar-refractivity contribution in [3.8, 4) is 11.3 Å². The van der Waals surface area contributed by atoms with Crippen LogP contribution in [0, 0.1) is 0 Å². The summed E-state index contributed by atoms with van der Waals surface area (Å²) in [4.78, 5) is 12.7. The molecule has 1 aromatic carbocycles. The number of aromatic nitrogens is 1. The second kappa shape index (κ2) is 6.57. The van der Waals surface area contributed by atoms with Crippen LogP contribution in [0.2, 0.25) is 5.02 Å². The van der Waals surface area contributed by atoms with Crippen LogP contribution in [0.1, 0.15) is 12.0 Å². The van der Waals surface area contributed by atoms with E-state index < -0.39 is 16.7 Å². The Kier molecular flexibility index (Phi) is 4.44. The third-order valence-corrected chi connectivity index (χ3v) is 5.89. The molecule has 0 N–H and O–H groups in total. The minimum absolute atomic E-state index is 0.654. The minimum Gasteiger partial charge on any atom is -0.356 e. The first-order valence-electron chi connectivity index (χ1n) is 7.83. The van der Waals surface area contributed by atoms with Crippen LogP contribution >= 0.6 is 11.6 Å². The maximum absolute atomic E-state index is 11.5. The number of nitrogens with zero attached hydrogens (tertiary/aromatic N) is 2. The summed E-state index contributed by atoms with van der Waals surface area (Å²) in [5, 5.41) is 4.57. The quantitative estimate of drug-likeness (QED) is 0.596. The van der Waals surface area contributed by atoms with Crippen molar-refractivity contribution < 1.29 is 18.5 Å². The number of rotatable bonds is 5. The second-order valence-electron chi connectivity index (χ2n) is 5.90. The predicted molar refractivity (Wildman–Crippen MR) is 89.6 cm³/mol. The first kappa shape index (κ1) is 16.2. The fourth-order valence-corrected chi connectivity index (χ4v) is 4.21. The van der Waals surface area contributed by atoms with Crippen LogP contribution in [0.3, 0.4) is 0 Å². The van der Waals surface area contributed by atoms with Gasteiger partial charge < -0.3 is 4.52 Å². The molecule has 2 aliphatic rings. The summed E-state index contributed by atoms with van der Waals surface area (Å²) < 4.78 is 16.9. The molecule has 3 heterocycles. The molecule has 4 rings (SSSR count). The summed E-state index contributed by atoms with van der Waals surface area (Å²) >= 11 is 6.05. The summed E-state index contributed by atoms with van der Waals surface area (Å²) in [6.45, 7) is 1.44. The Hall–Kier alpha value is -1.25. The lowest BCUT2D eigenvalue weighted by molar-refractivity contribution is 0.0785. The largest absolute Gasteiger partial charge is 0.356 e. The van der Waals surface area contributed by atoms with Gasteiger partial charge in [-0.3, -0.25) is 4.21 Å². The van der Waals surface area contributed by atoms with Gasteiger partial charge in [0, 0.05) is 58.0 Å². The molecule has 2 saturated heterocycles. The average molecular weight is 369 g/mol. The molecule has 0 bridgehead atoms. The molecule has 0 amide bonds. The van der Waals surface area contributed by atoms with Crippen LogP contribution in [0.25, 0.3) is 11.3 Å². The number of hydrogen-bond donors (Lipinski definition) is 0. The maximum Gasteiger partial charge on any atom is 0.290 e. The molecular formula is C16H17ClN2O4S. The zero-order valence-electron chi connectivity index (χ0n) is 12.9. The highest BCUT2D eigenvalue weighted by Gasteiger charge is 2.54. The van der Waals surface area contributed by atoms with Crippen molar-refractivity contribution in [3.05, 3.63) is 41.0 Å². The Labute approximate surface area is 147 Å². The van der Waals surface area contributed by atoms with E-state index in [1.807, 2.05) is 24.3 Å². The van der Waals surface area contributed by atoms with E-state index in [4.69, 9.17) is 25.9 Å². The predicted octanol–water partition coefficient (Wildman–Crippen LogP) is 2.61. The van der Waals surface area contributed by atoms with Gasteiger partial charge in [0.15, 0.2) is 5.76 Å². The Balaban J connectivity index is 1.45. The highest BCUT2D eigenvalue weighted by atomic mass is 35.5. The van der Waals surface area contributed by atoms with E-state index in [0.717, 1.165) is 24.2 Å². The van der Waals surface area contributed by atoms with Gasteiger partial charge in [-0.15, -0.1) is 0 Å². The van der Waals surface area contributed by atoms with Crippen LogP contribution in [-0.2, 0) is 27.0 Å². The normalized spacial score (nSPS) is 21.0. The van der Waals surface area contributed by atoms with Gasteiger partial charge in [-0.05, 0) is 18.6 Å². The van der Waals surface area contributed by atoms with Crippen LogP contribution in [-0.4, -0.2) is 44.8 Å². The van der Waals surface area contributed by atoms with Gasteiger partial charge in [0.25, 0.3) is 5.91 Å². The molecule has 128 valence electrons. The number of benzene rings is 1. The molecule has 0 aliphatic carbocycles. The Bertz CT molecular complexity index is 752. The third kappa shape index (κ3) is 3.27. The molecule has 0 spiro atoms. The van der Waals surface area contributed by atoms with Crippen molar-refractivity contribution in [2.75, 3.05) is 24.6 Å². The first-order valence-corrected chi connectivity index (χ1v) is 9.69. The van der Waals surface area contributed by atoms with Gasteiger partial charge in [-0.1, -0.05) is 28.9 Å². The Morgan fingerprint density at radius 1 is 1.29 bits per heavy atom. The first-order chi connectivity index (χ1) is 11.7. The van der Waals surface area contributed by atoms with E-state index in [1.54, 1.807) is 6.20 Å². The zero-order chi connectivity index (χ0) is 16.6. The Morgan fingerprint density at radius 2 is 2.08 bits per heavy atom. The summed E-state index contributed by atoms with van der Waals surface area (Å²) in [5.74, 6) is 1.35. The SMILES string of the molecule is O=S1CCN(C2(CCc3cnoc3-c3cccc(Cl)c3)OO2)CC1. The van der Waals surface area contributed by atoms with Crippen LogP contribution < -0.4 is 0 Å². The maximum atomic E-state index is 11.5. The molecule has 2 aliphatic heterocycles. The average Bonchev–Trinajstić information content (AvgIpc) is 3.23. The van der Waals surface area contributed by atoms with E-state index >= 15 is 0 Å². The number of hydrogen-bond acceptors (Lipinski definition) is 6. The molecule has 2 aromatic rings. The Morgan fingerprint density at radius 3 is 2.79 bits per heavy atom. The molecule has 8 heteroatoms. The zero-order valence-corrected chi connectivity index (χ0v) is 14.5. The lowest BCUT2D eigenvalue weighted by Crippen LogP contribution is -2.46. The fourth-order valence-electron chi connectivity index (χ4n) is 2.97. The number of aryl methyl sites for hydroxylation is 1. The smallest absolute Gasteiger partial charge is 0.290 e. The van der Waals surface area contributed by atoms with E-state index in [2.05, 4.69) is 10.1 Å². The molecule has 0 saturated carbocycles. The highest BCUT2D eigenvalue weighted by Crippen LogP contribution is 2.39. The van der Waals surface area contributed by atoms with Crippen LogP contribution in [0.15, 0.2) is 35.0 Å². The van der Waals surface area contributed by atoms with E-state index in [9.17, 15) is 4.21 Å². The summed E-state index contributed by atoms with van der Waals surface area (Å²) in [6.07, 6.45) is 3.08. The van der Waals surface area contributed by atoms with Gasteiger partial charge in [-0.25, -0.2) is 4.90 Å². The van der Waals surface area contributed by atoms with Crippen molar-refractivity contribution in [1.29, 1.82) is 0 Å². The van der Waals surface area contributed by atoms with Crippen molar-refractivity contribution in [2.24, 2.45) is 0 Å². The van der Waals surface area contributed by atoms with Crippen LogP contribution in [0.5, 0.6) is 0 Å². The monoisotopic (exact) mass is 368 g/mol. The fraction of sp³-hybridized carbons (Fsp3) is 0.438. The van der Waals surface area contributed by atoms with Gasteiger partial charge in [0.2, 0.25) is 0 Å². The molecular weight excluding hydrogens is 352 g/mol. The van der Waals surface area contributed by atoms with Crippen molar-refractivity contribution in [2.45, 2.75) is 18.8 Å². The van der Waals surface area contributed by atoms with E-state index in [1.165, 1.54) is 0 Å². The van der Waals surface area contributed by atoms with E-state index in [-0.39, 0.29) is 0 Å². The standard InChI is InChI=1S/C16H17ClN2O4S/c17-14-3-1-2-12(10-14)15-13(11-18-21-15)4-5-16(22-23-16)19-6-8-24(20)9-7-19/h1-3,10-11H,4-9H2. The molecule has 1 aromatic heterocycles. The van der Waals surface area contributed by atoms with E-state index in [0.29, 0.717) is 35.1 Å². The highest BCUT2D eigenvalue weighted by molar-refractivity contribution is 7.85. The lowest BCUT2D eigenvalue weighted by Gasteiger charge is -2.28. The van der Waals surface area contributed by atoms with Crippen molar-refractivity contribution >= 4 is 22.4 Å². The van der Waals surface area contributed by atoms with Gasteiger partial charge >= 0.3 is 0 Å². The summed E-state index contributed by atoms with van der Waals surface area (Å²) in [5.41, 5.74) is 1.88. The van der Waals surface area contributed by atoms with Crippen molar-refractivity contribution in [1.82, 2.24) is 10.1 Å². The molecule has 6 nitrogen and oxygen atoms in total. The van der Waals surface area contributed by atoms with Gasteiger partial charge in [0.05, 0.1) is 6.20 Å². The van der Waals surface area contributed by atoms with Crippen LogP contribution in [0.4, 0.5) is 0 Å². The topological polar surface area (TPSA) is 71.4 Å². The number of halogens is 1. The third-order valence-electron chi connectivity index (χ3n) is 4.38. The molecule has 0 radical (unpaired) electrons. The van der Waals surface area contributed by atoms with Gasteiger partial charge in [0.1, 0.15) is 0 Å². The summed E-state index contributed by atoms with van der Waals surface area (Å²) in [7, 11) is -0.723. The molecule has 24 heavy (non-hydrogen) atoms. The molecule has 0 atom stereocenters. The minimum atomic E-state index is -0.723. The lowest BCUT2D eigenvalue weighted by atomic mass is 10.0. The summed E-state index contributed by atoms with van der Waals surface area (Å²) in [6, 6.07) is 7.50. The second-order valence-corrected chi connectivity index (χ2v) is 8.04. The molecule has 2 fully saturated rings. The van der Waals surface area contributed by atoms with Gasteiger partial charge in [-0.2, -0.15) is 9.78 Å².